The van der Waals surface area contributed by atoms with Gasteiger partial charge in [0, 0.05) is 43.4 Å². The summed E-state index contributed by atoms with van der Waals surface area (Å²) in [5, 5.41) is 10.6. The van der Waals surface area contributed by atoms with Crippen LogP contribution in [0.15, 0.2) is 41.3 Å². The fourth-order valence-corrected chi connectivity index (χ4v) is 3.41. The van der Waals surface area contributed by atoms with E-state index in [1.165, 1.54) is 0 Å². The van der Waals surface area contributed by atoms with Crippen LogP contribution in [0.3, 0.4) is 0 Å². The minimum absolute atomic E-state index is 0.233. The molecule has 0 aliphatic carbocycles. The van der Waals surface area contributed by atoms with E-state index in [1.807, 2.05) is 0 Å². The number of nitro groups is 1. The molecule has 0 amide bonds. The number of nitrogens with two attached hydrogens (primary N) is 1. The molecular weight excluding hydrogens is 375 g/mol. The second-order valence-electron chi connectivity index (χ2n) is 5.43. The Hall–Kier alpha value is -2.50. The van der Waals surface area contributed by atoms with Crippen LogP contribution in [0, 0.1) is 27.6 Å². The van der Waals surface area contributed by atoms with Crippen LogP contribution in [0.2, 0.25) is 0 Å². The van der Waals surface area contributed by atoms with Crippen molar-refractivity contribution in [3.05, 3.63) is 69.5 Å². The van der Waals surface area contributed by atoms with Gasteiger partial charge in [-0.1, -0.05) is 0 Å². The van der Waals surface area contributed by atoms with Gasteiger partial charge in [0.25, 0.3) is 5.69 Å². The van der Waals surface area contributed by atoms with E-state index in [4.69, 9.17) is 5.73 Å². The Morgan fingerprint density at radius 1 is 1.12 bits per heavy atom. The van der Waals surface area contributed by atoms with E-state index >= 15 is 0 Å². The highest BCUT2D eigenvalue weighted by Crippen LogP contribution is 2.23. The lowest BCUT2D eigenvalue weighted by molar-refractivity contribution is -0.384. The predicted molar refractivity (Wildman–Crippen MR) is 86.2 cm³/mol. The van der Waals surface area contributed by atoms with Crippen molar-refractivity contribution in [2.75, 3.05) is 13.6 Å². The number of sulfonamides is 1. The molecule has 0 bridgehead atoms. The summed E-state index contributed by atoms with van der Waals surface area (Å²) >= 11 is 0. The summed E-state index contributed by atoms with van der Waals surface area (Å²) in [6.07, 6.45) is 0. The van der Waals surface area contributed by atoms with Gasteiger partial charge in [-0.2, -0.15) is 4.31 Å². The Morgan fingerprint density at radius 3 is 2.19 bits per heavy atom. The quantitative estimate of drug-likeness (QED) is 0.464. The number of halogens is 3. The number of non-ortho nitro benzene ring substituents is 1. The summed E-state index contributed by atoms with van der Waals surface area (Å²) in [4.78, 5) is 9.71. The normalized spacial score (nSPS) is 13.0. The van der Waals surface area contributed by atoms with Gasteiger partial charge in [0.05, 0.1) is 9.82 Å². The van der Waals surface area contributed by atoms with Crippen LogP contribution in [0.4, 0.5) is 18.9 Å². The second kappa shape index (κ2) is 7.40. The van der Waals surface area contributed by atoms with Crippen LogP contribution in [0.25, 0.3) is 0 Å². The van der Waals surface area contributed by atoms with Crippen LogP contribution in [0.1, 0.15) is 11.6 Å². The van der Waals surface area contributed by atoms with Gasteiger partial charge in [-0.25, -0.2) is 21.6 Å². The maximum Gasteiger partial charge on any atom is 0.269 e. The van der Waals surface area contributed by atoms with E-state index < -0.39 is 45.0 Å². The Balaban J connectivity index is 2.23. The van der Waals surface area contributed by atoms with Gasteiger partial charge in [-0.3, -0.25) is 10.1 Å². The van der Waals surface area contributed by atoms with Crippen molar-refractivity contribution in [2.24, 2.45) is 5.73 Å². The fourth-order valence-electron chi connectivity index (χ4n) is 2.22. The molecule has 140 valence electrons. The Kier molecular flexibility index (Phi) is 5.64. The molecule has 1 unspecified atom stereocenters. The standard InChI is InChI=1S/C15H14F3N3O4S/c1-20(8-15(19)11-6-13(17)14(18)7-12(11)16)26(24,25)10-4-2-9(3-5-10)21(22)23/h2-7,15H,8,19H2,1H3. The molecule has 2 aromatic rings. The molecule has 2 aromatic carbocycles. The first-order valence-electron chi connectivity index (χ1n) is 7.15. The SMILES string of the molecule is CN(CC(N)c1cc(F)c(F)cc1F)S(=O)(=O)c1ccc([N+](=O)[O-])cc1. The molecule has 0 radical (unpaired) electrons. The summed E-state index contributed by atoms with van der Waals surface area (Å²) < 4.78 is 65.7. The van der Waals surface area contributed by atoms with Gasteiger partial charge in [-0.15, -0.1) is 0 Å². The molecule has 0 aliphatic rings. The number of nitrogens with zero attached hydrogens (tertiary/aromatic N) is 2. The highest BCUT2D eigenvalue weighted by atomic mass is 32.2. The lowest BCUT2D eigenvalue weighted by Gasteiger charge is -2.22. The number of nitro benzene ring substituents is 1. The minimum Gasteiger partial charge on any atom is -0.323 e. The van der Waals surface area contributed by atoms with Crippen molar-refractivity contribution in [1.82, 2.24) is 4.31 Å². The summed E-state index contributed by atoms with van der Waals surface area (Å²) in [7, 11) is -2.91. The van der Waals surface area contributed by atoms with E-state index in [0.29, 0.717) is 12.1 Å². The lowest BCUT2D eigenvalue weighted by Crippen LogP contribution is -2.34. The summed E-state index contributed by atoms with van der Waals surface area (Å²) in [6, 6.07) is 3.78. The Labute approximate surface area is 147 Å². The first kappa shape index (κ1) is 19.8. The van der Waals surface area contributed by atoms with Crippen LogP contribution in [0.5, 0.6) is 0 Å². The van der Waals surface area contributed by atoms with Crippen LogP contribution < -0.4 is 5.73 Å². The number of benzene rings is 2. The fraction of sp³-hybridized carbons (Fsp3) is 0.200. The highest BCUT2D eigenvalue weighted by molar-refractivity contribution is 7.89. The van der Waals surface area contributed by atoms with Gasteiger partial charge in [-0.05, 0) is 18.2 Å². The van der Waals surface area contributed by atoms with Crippen molar-refractivity contribution < 1.29 is 26.5 Å². The average Bonchev–Trinajstić information content (AvgIpc) is 2.57. The smallest absolute Gasteiger partial charge is 0.269 e. The molecule has 0 aromatic heterocycles. The zero-order valence-electron chi connectivity index (χ0n) is 13.4. The molecule has 2 N–H and O–H groups in total. The number of hydrogen-bond acceptors (Lipinski definition) is 5. The van der Waals surface area contributed by atoms with E-state index in [-0.39, 0.29) is 16.1 Å². The van der Waals surface area contributed by atoms with Gasteiger partial charge in [0.1, 0.15) is 5.82 Å². The zero-order chi connectivity index (χ0) is 19.6. The largest absolute Gasteiger partial charge is 0.323 e. The molecule has 0 aliphatic heterocycles. The third-order valence-electron chi connectivity index (χ3n) is 3.65. The van der Waals surface area contributed by atoms with E-state index in [0.717, 1.165) is 35.6 Å². The van der Waals surface area contributed by atoms with Crippen molar-refractivity contribution in [2.45, 2.75) is 10.9 Å². The van der Waals surface area contributed by atoms with Crippen molar-refractivity contribution >= 4 is 15.7 Å². The number of hydrogen-bond donors (Lipinski definition) is 1. The van der Waals surface area contributed by atoms with Gasteiger partial charge >= 0.3 is 0 Å². The maximum atomic E-state index is 13.8. The van der Waals surface area contributed by atoms with E-state index in [9.17, 15) is 31.7 Å². The minimum atomic E-state index is -4.08. The Bertz CT molecular complexity index is 936. The molecule has 0 saturated carbocycles. The van der Waals surface area contributed by atoms with Crippen molar-refractivity contribution in [3.63, 3.8) is 0 Å². The lowest BCUT2D eigenvalue weighted by atomic mass is 10.1. The molecule has 11 heteroatoms. The van der Waals surface area contributed by atoms with Crippen molar-refractivity contribution in [3.8, 4) is 0 Å². The van der Waals surface area contributed by atoms with Crippen molar-refractivity contribution in [1.29, 1.82) is 0 Å². The Morgan fingerprint density at radius 2 is 1.65 bits per heavy atom. The average molecular weight is 389 g/mol. The molecule has 2 rings (SSSR count). The second-order valence-corrected chi connectivity index (χ2v) is 7.48. The first-order chi connectivity index (χ1) is 12.0. The molecule has 26 heavy (non-hydrogen) atoms. The predicted octanol–water partition coefficient (Wildman–Crippen LogP) is 2.33. The van der Waals surface area contributed by atoms with Gasteiger partial charge < -0.3 is 5.73 Å². The van der Waals surface area contributed by atoms with E-state index in [2.05, 4.69) is 0 Å². The number of rotatable bonds is 6. The summed E-state index contributed by atoms with van der Waals surface area (Å²) in [5.74, 6) is -3.79. The highest BCUT2D eigenvalue weighted by Gasteiger charge is 2.25. The molecule has 1 atom stereocenters. The third-order valence-corrected chi connectivity index (χ3v) is 5.49. The monoisotopic (exact) mass is 389 g/mol. The first-order valence-corrected chi connectivity index (χ1v) is 8.59. The molecule has 0 spiro atoms. The van der Waals surface area contributed by atoms with Gasteiger partial charge in [0.2, 0.25) is 10.0 Å². The maximum absolute atomic E-state index is 13.8. The van der Waals surface area contributed by atoms with Crippen LogP contribution >= 0.6 is 0 Å². The topological polar surface area (TPSA) is 107 Å². The molecular formula is C15H14F3N3O4S. The van der Waals surface area contributed by atoms with Crippen LogP contribution in [-0.2, 0) is 10.0 Å². The third kappa shape index (κ3) is 4.00. The summed E-state index contributed by atoms with van der Waals surface area (Å²) in [5.41, 5.74) is 5.06. The van der Waals surface area contributed by atoms with Gasteiger partial charge in [0.15, 0.2) is 11.6 Å². The summed E-state index contributed by atoms with van der Waals surface area (Å²) in [6.45, 7) is -0.429. The molecule has 0 heterocycles. The van der Waals surface area contributed by atoms with E-state index in [1.54, 1.807) is 0 Å². The number of likely N-dealkylation sites (N-methyl/N-ethyl adjacent to an activating group) is 1. The molecule has 7 nitrogen and oxygen atoms in total. The van der Waals surface area contributed by atoms with Crippen LogP contribution in [-0.4, -0.2) is 31.2 Å². The zero-order valence-corrected chi connectivity index (χ0v) is 14.2. The molecule has 0 fully saturated rings. The molecule has 0 saturated heterocycles.